The number of carbonyl (C=O) groups excluding carboxylic acids is 3. The summed E-state index contributed by atoms with van der Waals surface area (Å²) in [6.45, 7) is 6.18. The van der Waals surface area contributed by atoms with Gasteiger partial charge in [0.1, 0.15) is 5.75 Å². The van der Waals surface area contributed by atoms with Crippen LogP contribution in [0.5, 0.6) is 5.75 Å². The SMILES string of the molecule is CCC1Oc2ccc(-c3nc(C)sc3C)cc2N(CCN2C(=O)c3ccccc3C2=O)C1=O. The molecule has 0 fully saturated rings. The van der Waals surface area contributed by atoms with Gasteiger partial charge in [0.15, 0.2) is 6.10 Å². The lowest BCUT2D eigenvalue weighted by Gasteiger charge is -2.35. The fourth-order valence-corrected chi connectivity index (χ4v) is 5.24. The summed E-state index contributed by atoms with van der Waals surface area (Å²) in [5, 5.41) is 0.973. The highest BCUT2D eigenvalue weighted by Crippen LogP contribution is 2.39. The number of rotatable bonds is 5. The lowest BCUT2D eigenvalue weighted by molar-refractivity contribution is -0.126. The lowest BCUT2D eigenvalue weighted by atomic mass is 10.1. The number of anilines is 1. The van der Waals surface area contributed by atoms with Crippen molar-refractivity contribution in [3.8, 4) is 17.0 Å². The number of imide groups is 1. The first kappa shape index (κ1) is 21.3. The number of hydrogen-bond acceptors (Lipinski definition) is 6. The summed E-state index contributed by atoms with van der Waals surface area (Å²) in [5.41, 5.74) is 3.21. The fourth-order valence-electron chi connectivity index (χ4n) is 4.40. The van der Waals surface area contributed by atoms with Crippen LogP contribution >= 0.6 is 11.3 Å². The van der Waals surface area contributed by atoms with Crippen molar-refractivity contribution in [1.82, 2.24) is 9.88 Å². The van der Waals surface area contributed by atoms with E-state index >= 15 is 0 Å². The first-order valence-corrected chi connectivity index (χ1v) is 11.7. The Morgan fingerprint density at radius 2 is 1.64 bits per heavy atom. The number of nitrogens with zero attached hydrogens (tertiary/aromatic N) is 3. The van der Waals surface area contributed by atoms with Gasteiger partial charge in [0, 0.05) is 23.5 Å². The molecule has 5 rings (SSSR count). The number of fused-ring (bicyclic) bond motifs is 2. The minimum absolute atomic E-state index is 0.104. The molecule has 33 heavy (non-hydrogen) atoms. The van der Waals surface area contributed by atoms with Gasteiger partial charge in [-0.3, -0.25) is 19.3 Å². The number of thiazole rings is 1. The average Bonchev–Trinajstić information content (AvgIpc) is 3.28. The second kappa shape index (κ2) is 8.12. The molecule has 2 aromatic carbocycles. The third kappa shape index (κ3) is 3.51. The molecular formula is C25H23N3O4S. The van der Waals surface area contributed by atoms with E-state index in [0.717, 1.165) is 21.1 Å². The van der Waals surface area contributed by atoms with E-state index in [2.05, 4.69) is 4.98 Å². The summed E-state index contributed by atoms with van der Waals surface area (Å²) in [6.07, 6.45) is -0.0812. The Balaban J connectivity index is 1.47. The minimum Gasteiger partial charge on any atom is -0.478 e. The molecule has 2 aliphatic heterocycles. The van der Waals surface area contributed by atoms with Crippen LogP contribution in [-0.2, 0) is 4.79 Å². The van der Waals surface area contributed by atoms with E-state index in [1.165, 1.54) is 4.90 Å². The molecule has 1 unspecified atom stereocenters. The molecule has 1 atom stereocenters. The molecule has 8 heteroatoms. The molecule has 3 heterocycles. The van der Waals surface area contributed by atoms with Crippen molar-refractivity contribution < 1.29 is 19.1 Å². The van der Waals surface area contributed by atoms with Crippen molar-refractivity contribution in [2.24, 2.45) is 0 Å². The highest BCUT2D eigenvalue weighted by Gasteiger charge is 2.38. The second-order valence-corrected chi connectivity index (χ2v) is 9.54. The first-order chi connectivity index (χ1) is 15.9. The van der Waals surface area contributed by atoms with Crippen molar-refractivity contribution in [1.29, 1.82) is 0 Å². The topological polar surface area (TPSA) is 79.8 Å². The Kier molecular flexibility index (Phi) is 5.25. The standard InChI is InChI=1S/C25H23N3O4S/c1-4-20-25(31)27(11-12-28-23(29)17-7-5-6-8-18(17)24(28)30)19-13-16(9-10-21(19)32-20)22-14(2)33-15(3)26-22/h5-10,13,20H,4,11-12H2,1-3H3. The van der Waals surface area contributed by atoms with Crippen LogP contribution in [0.3, 0.4) is 0 Å². The Morgan fingerprint density at radius 1 is 0.970 bits per heavy atom. The Labute approximate surface area is 195 Å². The molecule has 0 spiro atoms. The molecular weight excluding hydrogens is 438 g/mol. The number of benzene rings is 2. The molecule has 3 aromatic rings. The van der Waals surface area contributed by atoms with Gasteiger partial charge in [-0.25, -0.2) is 4.98 Å². The minimum atomic E-state index is -0.603. The molecule has 3 amide bonds. The van der Waals surface area contributed by atoms with Crippen molar-refractivity contribution in [3.63, 3.8) is 0 Å². The molecule has 7 nitrogen and oxygen atoms in total. The van der Waals surface area contributed by atoms with Crippen LogP contribution in [0.4, 0.5) is 5.69 Å². The molecule has 0 N–H and O–H groups in total. The average molecular weight is 462 g/mol. The molecule has 2 aliphatic rings. The van der Waals surface area contributed by atoms with Gasteiger partial charge in [-0.05, 0) is 50.6 Å². The quantitative estimate of drug-likeness (QED) is 0.532. The van der Waals surface area contributed by atoms with Crippen molar-refractivity contribution in [2.75, 3.05) is 18.0 Å². The number of ether oxygens (including phenoxy) is 1. The molecule has 0 radical (unpaired) electrons. The predicted octanol–water partition coefficient (Wildman–Crippen LogP) is 4.23. The van der Waals surface area contributed by atoms with Crippen molar-refractivity contribution >= 4 is 34.7 Å². The molecule has 0 aliphatic carbocycles. The number of carbonyl (C=O) groups is 3. The summed E-state index contributed by atoms with van der Waals surface area (Å²) in [5.74, 6) is -0.223. The van der Waals surface area contributed by atoms with Crippen LogP contribution in [-0.4, -0.2) is 46.8 Å². The smallest absolute Gasteiger partial charge is 0.268 e. The Morgan fingerprint density at radius 3 is 2.24 bits per heavy atom. The summed E-state index contributed by atoms with van der Waals surface area (Å²) in [4.78, 5) is 47.4. The van der Waals surface area contributed by atoms with Crippen LogP contribution in [0.2, 0.25) is 0 Å². The van der Waals surface area contributed by atoms with E-state index < -0.39 is 6.10 Å². The number of amides is 3. The van der Waals surface area contributed by atoms with Crippen molar-refractivity contribution in [2.45, 2.75) is 33.3 Å². The van der Waals surface area contributed by atoms with E-state index in [4.69, 9.17) is 4.74 Å². The van der Waals surface area contributed by atoms with Gasteiger partial charge in [0.05, 0.1) is 27.5 Å². The van der Waals surface area contributed by atoms with Gasteiger partial charge in [0.25, 0.3) is 17.7 Å². The van der Waals surface area contributed by atoms with Crippen LogP contribution < -0.4 is 9.64 Å². The number of aryl methyl sites for hydroxylation is 2. The zero-order valence-electron chi connectivity index (χ0n) is 18.6. The molecule has 0 bridgehead atoms. The second-order valence-electron chi connectivity index (χ2n) is 8.13. The van der Waals surface area contributed by atoms with Crippen molar-refractivity contribution in [3.05, 3.63) is 63.5 Å². The van der Waals surface area contributed by atoms with Gasteiger partial charge < -0.3 is 9.64 Å². The monoisotopic (exact) mass is 461 g/mol. The third-order valence-electron chi connectivity index (χ3n) is 6.03. The Hall–Kier alpha value is -3.52. The highest BCUT2D eigenvalue weighted by atomic mass is 32.1. The largest absolute Gasteiger partial charge is 0.478 e. The Bertz CT molecular complexity index is 1260. The predicted molar refractivity (Wildman–Crippen MR) is 126 cm³/mol. The van der Waals surface area contributed by atoms with E-state index in [1.807, 2.05) is 39.0 Å². The fraction of sp³-hybridized carbons (Fsp3) is 0.280. The maximum Gasteiger partial charge on any atom is 0.268 e. The number of hydrogen-bond donors (Lipinski definition) is 0. The lowest BCUT2D eigenvalue weighted by Crippen LogP contribution is -2.49. The summed E-state index contributed by atoms with van der Waals surface area (Å²) >= 11 is 1.62. The van der Waals surface area contributed by atoms with E-state index in [1.54, 1.807) is 40.5 Å². The van der Waals surface area contributed by atoms with Crippen LogP contribution in [0, 0.1) is 13.8 Å². The van der Waals surface area contributed by atoms with Crippen LogP contribution in [0.1, 0.15) is 43.9 Å². The molecule has 168 valence electrons. The maximum atomic E-state index is 13.2. The molecule has 1 aromatic heterocycles. The van der Waals surface area contributed by atoms with Gasteiger partial charge in [-0.15, -0.1) is 11.3 Å². The van der Waals surface area contributed by atoms with E-state index in [9.17, 15) is 14.4 Å². The highest BCUT2D eigenvalue weighted by molar-refractivity contribution is 7.11. The molecule has 0 saturated carbocycles. The normalized spacial score (nSPS) is 17.3. The van der Waals surface area contributed by atoms with Gasteiger partial charge in [0.2, 0.25) is 0 Å². The summed E-state index contributed by atoms with van der Waals surface area (Å²) in [7, 11) is 0. The molecule has 0 saturated heterocycles. The zero-order chi connectivity index (χ0) is 23.3. The van der Waals surface area contributed by atoms with E-state index in [-0.39, 0.29) is 30.8 Å². The summed E-state index contributed by atoms with van der Waals surface area (Å²) < 4.78 is 5.96. The van der Waals surface area contributed by atoms with Gasteiger partial charge in [-0.2, -0.15) is 0 Å². The van der Waals surface area contributed by atoms with E-state index in [0.29, 0.717) is 29.0 Å². The zero-order valence-corrected chi connectivity index (χ0v) is 19.4. The number of aromatic nitrogens is 1. The maximum absolute atomic E-state index is 13.2. The van der Waals surface area contributed by atoms with Crippen LogP contribution in [0.25, 0.3) is 11.3 Å². The van der Waals surface area contributed by atoms with Gasteiger partial charge in [-0.1, -0.05) is 19.1 Å². The summed E-state index contributed by atoms with van der Waals surface area (Å²) in [6, 6.07) is 12.5. The van der Waals surface area contributed by atoms with Crippen LogP contribution in [0.15, 0.2) is 42.5 Å². The van der Waals surface area contributed by atoms with Gasteiger partial charge >= 0.3 is 0 Å². The third-order valence-corrected chi connectivity index (χ3v) is 6.92. The first-order valence-electron chi connectivity index (χ1n) is 10.9.